The zero-order valence-corrected chi connectivity index (χ0v) is 22.2. The molecule has 0 aliphatic heterocycles. The van der Waals surface area contributed by atoms with Crippen molar-refractivity contribution in [3.8, 4) is 0 Å². The summed E-state index contributed by atoms with van der Waals surface area (Å²) in [6, 6.07) is 8.34. The molecule has 0 saturated carbocycles. The molecule has 7 nitrogen and oxygen atoms in total. The van der Waals surface area contributed by atoms with Gasteiger partial charge in [0.2, 0.25) is 6.29 Å². The van der Waals surface area contributed by atoms with Crippen LogP contribution in [-0.2, 0) is 26.7 Å². The molecule has 0 fully saturated rings. The highest BCUT2D eigenvalue weighted by atomic mass is 16.8. The van der Waals surface area contributed by atoms with Crippen molar-refractivity contribution in [1.29, 1.82) is 0 Å². The summed E-state index contributed by atoms with van der Waals surface area (Å²) in [5.74, 6) is 0.738. The van der Waals surface area contributed by atoms with Crippen LogP contribution in [0.1, 0.15) is 69.6 Å². The lowest BCUT2D eigenvalue weighted by molar-refractivity contribution is -0.0690. The van der Waals surface area contributed by atoms with E-state index in [2.05, 4.69) is 55.1 Å². The molecular formula is C27H39N3O4. The first-order chi connectivity index (χ1) is 15.8. The van der Waals surface area contributed by atoms with E-state index in [1.807, 2.05) is 34.7 Å². The lowest BCUT2D eigenvalue weighted by Gasteiger charge is -2.22. The largest absolute Gasteiger partial charge is 0.511 e. The van der Waals surface area contributed by atoms with Gasteiger partial charge in [0.1, 0.15) is 5.69 Å². The molecule has 7 heteroatoms. The van der Waals surface area contributed by atoms with E-state index in [9.17, 15) is 4.79 Å². The van der Waals surface area contributed by atoms with Crippen LogP contribution in [0.4, 0.5) is 4.79 Å². The Morgan fingerprint density at radius 3 is 2.21 bits per heavy atom. The van der Waals surface area contributed by atoms with E-state index in [1.165, 1.54) is 5.56 Å². The van der Waals surface area contributed by atoms with Crippen LogP contribution in [0.2, 0.25) is 0 Å². The van der Waals surface area contributed by atoms with E-state index in [0.717, 1.165) is 28.1 Å². The molecule has 1 aromatic carbocycles. The zero-order chi connectivity index (χ0) is 25.6. The monoisotopic (exact) mass is 469 g/mol. The van der Waals surface area contributed by atoms with Crippen molar-refractivity contribution < 1.29 is 19.0 Å². The van der Waals surface area contributed by atoms with E-state index in [1.54, 1.807) is 24.9 Å². The van der Waals surface area contributed by atoms with Gasteiger partial charge in [0.05, 0.1) is 12.3 Å². The lowest BCUT2D eigenvalue weighted by atomic mass is 9.86. The van der Waals surface area contributed by atoms with Gasteiger partial charge in [0.25, 0.3) is 0 Å². The van der Waals surface area contributed by atoms with Crippen molar-refractivity contribution in [2.24, 2.45) is 18.0 Å². The molecule has 1 heterocycles. The number of aryl methyl sites for hydroxylation is 2. The third-order valence-electron chi connectivity index (χ3n) is 5.38. The highest BCUT2D eigenvalue weighted by Gasteiger charge is 2.24. The number of allylic oxidation sites excluding steroid dienone is 1. The standard InChI is InChI=1S/C27H39N3O4/c1-17(2)16-32-26(31)34-20(5)33-25(24-18(3)19(4)29-30(24)10)23(15-28-9)21-11-13-22(14-12-21)27(6,7)8/h11-15,17,20H,16H2,1-10H3/b25-23-,28-15?. The van der Waals surface area contributed by atoms with Crippen LogP contribution in [0.15, 0.2) is 29.3 Å². The number of rotatable bonds is 8. The number of nitrogens with zero attached hydrogens (tertiary/aromatic N) is 3. The first kappa shape index (κ1) is 27.2. The van der Waals surface area contributed by atoms with E-state index < -0.39 is 12.4 Å². The van der Waals surface area contributed by atoms with Crippen molar-refractivity contribution >= 4 is 23.7 Å². The van der Waals surface area contributed by atoms with Crippen LogP contribution >= 0.6 is 0 Å². The Morgan fingerprint density at radius 1 is 1.12 bits per heavy atom. The molecule has 1 aromatic heterocycles. The van der Waals surface area contributed by atoms with E-state index in [-0.39, 0.29) is 17.9 Å². The molecule has 0 N–H and O–H groups in total. The molecule has 1 atom stereocenters. The van der Waals surface area contributed by atoms with Gasteiger partial charge < -0.3 is 14.2 Å². The predicted molar refractivity (Wildman–Crippen MR) is 137 cm³/mol. The molecule has 0 bridgehead atoms. The molecule has 0 aliphatic rings. The highest BCUT2D eigenvalue weighted by molar-refractivity contribution is 6.18. The zero-order valence-electron chi connectivity index (χ0n) is 22.2. The predicted octanol–water partition coefficient (Wildman–Crippen LogP) is 6.08. The number of hydrogen-bond donors (Lipinski definition) is 0. The molecule has 1 unspecified atom stereocenters. The summed E-state index contributed by atoms with van der Waals surface area (Å²) in [6.07, 6.45) is 0.101. The smallest absolute Gasteiger partial charge is 0.452 e. The van der Waals surface area contributed by atoms with Gasteiger partial charge >= 0.3 is 6.16 Å². The van der Waals surface area contributed by atoms with Crippen molar-refractivity contribution in [3.63, 3.8) is 0 Å². The molecule has 2 rings (SSSR count). The van der Waals surface area contributed by atoms with Crippen molar-refractivity contribution in [3.05, 3.63) is 52.3 Å². The second kappa shape index (κ2) is 11.4. The van der Waals surface area contributed by atoms with Crippen LogP contribution in [-0.4, -0.2) is 42.1 Å². The molecule has 34 heavy (non-hydrogen) atoms. The van der Waals surface area contributed by atoms with Gasteiger partial charge in [-0.2, -0.15) is 5.10 Å². The molecule has 0 saturated heterocycles. The Hall–Kier alpha value is -3.09. The van der Waals surface area contributed by atoms with Crippen molar-refractivity contribution in [2.75, 3.05) is 13.7 Å². The third kappa shape index (κ3) is 6.95. The third-order valence-corrected chi connectivity index (χ3v) is 5.38. The average Bonchev–Trinajstić information content (AvgIpc) is 3.00. The van der Waals surface area contributed by atoms with Crippen LogP contribution in [0.25, 0.3) is 11.3 Å². The maximum atomic E-state index is 12.1. The fraction of sp³-hybridized carbons (Fsp3) is 0.519. The first-order valence-corrected chi connectivity index (χ1v) is 11.6. The van der Waals surface area contributed by atoms with E-state index in [0.29, 0.717) is 5.76 Å². The maximum Gasteiger partial charge on any atom is 0.511 e. The number of hydrogen-bond acceptors (Lipinski definition) is 6. The normalized spacial score (nSPS) is 13.7. The van der Waals surface area contributed by atoms with Gasteiger partial charge in [0, 0.05) is 38.4 Å². The fourth-order valence-electron chi connectivity index (χ4n) is 3.47. The summed E-state index contributed by atoms with van der Waals surface area (Å²) in [6.45, 7) is 16.4. The van der Waals surface area contributed by atoms with Crippen LogP contribution in [0.5, 0.6) is 0 Å². The number of carbonyl (C=O) groups is 1. The number of aliphatic imine (C=N–C) groups is 1. The minimum absolute atomic E-state index is 0.0367. The maximum absolute atomic E-state index is 12.1. The van der Waals surface area contributed by atoms with Gasteiger partial charge in [-0.1, -0.05) is 58.9 Å². The molecule has 2 aromatic rings. The summed E-state index contributed by atoms with van der Waals surface area (Å²) in [4.78, 5) is 16.4. The second-order valence-corrected chi connectivity index (χ2v) is 9.90. The van der Waals surface area contributed by atoms with Gasteiger partial charge in [-0.05, 0) is 36.3 Å². The van der Waals surface area contributed by atoms with Gasteiger partial charge in [0.15, 0.2) is 5.76 Å². The Balaban J connectivity index is 2.56. The number of carbonyl (C=O) groups excluding carboxylic acids is 1. The summed E-state index contributed by atoms with van der Waals surface area (Å²) < 4.78 is 18.6. The first-order valence-electron chi connectivity index (χ1n) is 11.6. The SMILES string of the molecule is CN=C/C(=C(/OC(C)OC(=O)OCC(C)C)c1c(C)c(C)nn1C)c1ccc(C(C)(C)C)cc1. The average molecular weight is 470 g/mol. The number of ether oxygens (including phenoxy) is 3. The van der Waals surface area contributed by atoms with Crippen molar-refractivity contribution in [1.82, 2.24) is 9.78 Å². The Kier molecular flexibility index (Phi) is 9.07. The van der Waals surface area contributed by atoms with Crippen LogP contribution in [0, 0.1) is 19.8 Å². The Morgan fingerprint density at radius 2 is 1.74 bits per heavy atom. The van der Waals surface area contributed by atoms with Gasteiger partial charge in [-0.25, -0.2) is 4.79 Å². The summed E-state index contributed by atoms with van der Waals surface area (Å²) in [5, 5.41) is 4.56. The number of aromatic nitrogens is 2. The number of benzene rings is 1. The molecule has 0 radical (unpaired) electrons. The molecular weight excluding hydrogens is 430 g/mol. The van der Waals surface area contributed by atoms with E-state index in [4.69, 9.17) is 14.2 Å². The Bertz CT molecular complexity index is 1040. The topological polar surface area (TPSA) is 74.9 Å². The van der Waals surface area contributed by atoms with Crippen LogP contribution in [0.3, 0.4) is 0 Å². The molecule has 0 aliphatic carbocycles. The summed E-state index contributed by atoms with van der Waals surface area (Å²) in [7, 11) is 3.58. The Labute approximate surface area is 203 Å². The minimum atomic E-state index is -0.890. The van der Waals surface area contributed by atoms with Gasteiger partial charge in [-0.15, -0.1) is 0 Å². The van der Waals surface area contributed by atoms with Crippen molar-refractivity contribution in [2.45, 2.75) is 67.1 Å². The minimum Gasteiger partial charge on any atom is -0.452 e. The summed E-state index contributed by atoms with van der Waals surface area (Å²) in [5.41, 5.74) is 5.61. The molecule has 0 spiro atoms. The highest BCUT2D eigenvalue weighted by Crippen LogP contribution is 2.32. The lowest BCUT2D eigenvalue weighted by Crippen LogP contribution is -2.21. The van der Waals surface area contributed by atoms with Gasteiger partial charge in [-0.3, -0.25) is 9.67 Å². The molecule has 0 amide bonds. The second-order valence-electron chi connectivity index (χ2n) is 9.90. The summed E-state index contributed by atoms with van der Waals surface area (Å²) >= 11 is 0. The van der Waals surface area contributed by atoms with E-state index >= 15 is 0 Å². The quantitative estimate of drug-likeness (QED) is 0.203. The molecule has 186 valence electrons. The fourth-order valence-corrected chi connectivity index (χ4v) is 3.47. The van der Waals surface area contributed by atoms with Crippen LogP contribution < -0.4 is 0 Å².